The third-order valence-corrected chi connectivity index (χ3v) is 11.2. The van der Waals surface area contributed by atoms with E-state index in [-0.39, 0.29) is 30.0 Å². The number of amides is 4. The van der Waals surface area contributed by atoms with Crippen molar-refractivity contribution in [2.24, 2.45) is 23.7 Å². The molecule has 4 aliphatic rings. The fourth-order valence-electron chi connectivity index (χ4n) is 8.83. The van der Waals surface area contributed by atoms with Gasteiger partial charge in [-0.1, -0.05) is 71.3 Å². The van der Waals surface area contributed by atoms with Gasteiger partial charge in [-0.25, -0.2) is 0 Å². The van der Waals surface area contributed by atoms with Crippen LogP contribution in [0.4, 0.5) is 17.1 Å². The third-order valence-electron chi connectivity index (χ3n) is 11.0. The Morgan fingerprint density at radius 2 is 1.59 bits per heavy atom. The Kier molecular flexibility index (Phi) is 7.57. The minimum atomic E-state index is -1.56. The standard InChI is InChI=1S/C39H31ClN4O7/c1-21-7-10-24(11-8-21)41-43-36(47)31-20-29-27(16-17-28-33(29)37(48)42(35(28)46)25-12-14-26(15-13-25)44(50)51)34(30-19-23(40)9-18-32(30)45)39(31,38(43)49)22-5-3-2-4-6-22/h2-16,18-19,28-29,31,33-34,41,45H,17,20H2,1H3. The lowest BCUT2D eigenvalue weighted by Gasteiger charge is -2.50. The Balaban J connectivity index is 1.30. The van der Waals surface area contributed by atoms with Crippen molar-refractivity contribution in [3.05, 3.63) is 141 Å². The SMILES string of the molecule is Cc1ccc(NN2C(=O)C3CC4C(=CCC5C(=O)N(c6ccc([N+](=O)[O-])cc6)C(=O)C54)C(c4cc(Cl)ccc4O)C3(c3ccccc3)C2=O)cc1. The molecular weight excluding hydrogens is 672 g/mol. The lowest BCUT2D eigenvalue weighted by Crippen LogP contribution is -2.53. The third kappa shape index (κ3) is 4.79. The van der Waals surface area contributed by atoms with Crippen molar-refractivity contribution in [1.29, 1.82) is 0 Å². The number of phenolic OH excluding ortho intramolecular Hbond substituents is 1. The van der Waals surface area contributed by atoms with Gasteiger partial charge in [-0.15, -0.1) is 0 Å². The van der Waals surface area contributed by atoms with E-state index in [0.717, 1.165) is 15.5 Å². The molecule has 4 aromatic carbocycles. The molecular formula is C39H31ClN4O7. The summed E-state index contributed by atoms with van der Waals surface area (Å²) in [6.07, 6.45) is 2.13. The average Bonchev–Trinajstić information content (AvgIpc) is 3.51. The summed E-state index contributed by atoms with van der Waals surface area (Å²) < 4.78 is 0. The van der Waals surface area contributed by atoms with Crippen LogP contribution >= 0.6 is 11.6 Å². The molecule has 0 bridgehead atoms. The van der Waals surface area contributed by atoms with E-state index in [9.17, 15) is 29.6 Å². The number of rotatable bonds is 6. The van der Waals surface area contributed by atoms with Crippen molar-refractivity contribution in [1.82, 2.24) is 5.01 Å². The van der Waals surface area contributed by atoms with Crippen molar-refractivity contribution in [3.63, 3.8) is 0 Å². The van der Waals surface area contributed by atoms with Crippen LogP contribution in [0.1, 0.15) is 35.4 Å². The summed E-state index contributed by atoms with van der Waals surface area (Å²) in [5, 5.41) is 24.1. The summed E-state index contributed by atoms with van der Waals surface area (Å²) in [6.45, 7) is 1.93. The Bertz CT molecular complexity index is 2170. The van der Waals surface area contributed by atoms with Crippen LogP contribution in [-0.2, 0) is 24.6 Å². The van der Waals surface area contributed by atoms with Crippen LogP contribution in [0.15, 0.2) is 109 Å². The maximum absolute atomic E-state index is 15.2. The number of aryl methyl sites for hydroxylation is 1. The second-order valence-electron chi connectivity index (χ2n) is 13.6. The number of anilines is 2. The second-order valence-corrected chi connectivity index (χ2v) is 14.0. The highest BCUT2D eigenvalue weighted by molar-refractivity contribution is 6.30. The average molecular weight is 703 g/mol. The molecule has 1 saturated carbocycles. The Labute approximate surface area is 297 Å². The number of allylic oxidation sites excluding steroid dienone is 2. The minimum Gasteiger partial charge on any atom is -0.508 e. The number of hydrazine groups is 1. The molecule has 2 saturated heterocycles. The summed E-state index contributed by atoms with van der Waals surface area (Å²) in [5.74, 6) is -6.32. The van der Waals surface area contributed by atoms with Crippen molar-refractivity contribution in [2.75, 3.05) is 10.3 Å². The molecule has 0 radical (unpaired) electrons. The number of phenols is 1. The maximum atomic E-state index is 15.2. The molecule has 2 N–H and O–H groups in total. The lowest BCUT2D eigenvalue weighted by molar-refractivity contribution is -0.384. The minimum absolute atomic E-state index is 0.0729. The Morgan fingerprint density at radius 1 is 0.882 bits per heavy atom. The first-order valence-electron chi connectivity index (χ1n) is 16.6. The molecule has 3 fully saturated rings. The van der Waals surface area contributed by atoms with Gasteiger partial charge in [-0.2, -0.15) is 5.01 Å². The Hall–Kier alpha value is -5.81. The maximum Gasteiger partial charge on any atom is 0.269 e. The van der Waals surface area contributed by atoms with Gasteiger partial charge >= 0.3 is 0 Å². The van der Waals surface area contributed by atoms with Crippen LogP contribution in [0, 0.1) is 40.7 Å². The zero-order chi connectivity index (χ0) is 35.8. The normalized spacial score (nSPS) is 26.8. The first kappa shape index (κ1) is 32.4. The summed E-state index contributed by atoms with van der Waals surface area (Å²) in [4.78, 5) is 70.1. The molecule has 2 aliphatic heterocycles. The van der Waals surface area contributed by atoms with Crippen LogP contribution in [0.2, 0.25) is 5.02 Å². The molecule has 0 spiro atoms. The highest BCUT2D eigenvalue weighted by Crippen LogP contribution is 2.65. The largest absolute Gasteiger partial charge is 0.508 e. The second kappa shape index (κ2) is 11.9. The zero-order valence-corrected chi connectivity index (χ0v) is 28.0. The molecule has 11 nitrogen and oxygen atoms in total. The van der Waals surface area contributed by atoms with Crippen molar-refractivity contribution in [2.45, 2.75) is 31.1 Å². The van der Waals surface area contributed by atoms with E-state index in [4.69, 9.17) is 11.6 Å². The molecule has 4 aromatic rings. The molecule has 256 valence electrons. The van der Waals surface area contributed by atoms with Crippen LogP contribution in [-0.4, -0.2) is 38.7 Å². The summed E-state index contributed by atoms with van der Waals surface area (Å²) in [5.41, 5.74) is 4.60. The lowest BCUT2D eigenvalue weighted by atomic mass is 9.49. The number of benzene rings is 4. The number of carbonyl (C=O) groups excluding carboxylic acids is 4. The van der Waals surface area contributed by atoms with Gasteiger partial charge in [0.25, 0.3) is 17.5 Å². The number of hydrogen-bond acceptors (Lipinski definition) is 8. The predicted octanol–water partition coefficient (Wildman–Crippen LogP) is 6.45. The highest BCUT2D eigenvalue weighted by Gasteiger charge is 2.70. The van der Waals surface area contributed by atoms with E-state index in [1.807, 2.05) is 31.2 Å². The van der Waals surface area contributed by atoms with E-state index >= 15 is 4.79 Å². The van der Waals surface area contributed by atoms with E-state index in [2.05, 4.69) is 5.43 Å². The molecule has 51 heavy (non-hydrogen) atoms. The van der Waals surface area contributed by atoms with Gasteiger partial charge in [-0.3, -0.25) is 39.6 Å². The van der Waals surface area contributed by atoms with E-state index < -0.39 is 63.6 Å². The molecule has 12 heteroatoms. The molecule has 2 heterocycles. The number of nitrogens with zero attached hydrogens (tertiary/aromatic N) is 3. The van der Waals surface area contributed by atoms with Crippen LogP contribution in [0.3, 0.4) is 0 Å². The van der Waals surface area contributed by atoms with Crippen molar-refractivity contribution < 1.29 is 29.2 Å². The fraction of sp³-hybridized carbons (Fsp3) is 0.231. The summed E-state index contributed by atoms with van der Waals surface area (Å²) in [6, 6.07) is 26.1. The number of nitro benzene ring substituents is 1. The number of hydrogen-bond donors (Lipinski definition) is 2. The number of halogens is 1. The molecule has 8 rings (SSSR count). The number of nitro groups is 1. The van der Waals surface area contributed by atoms with Gasteiger partial charge in [0.15, 0.2) is 0 Å². The highest BCUT2D eigenvalue weighted by atomic mass is 35.5. The molecule has 0 aromatic heterocycles. The summed E-state index contributed by atoms with van der Waals surface area (Å²) in [7, 11) is 0. The Morgan fingerprint density at radius 3 is 2.27 bits per heavy atom. The van der Waals surface area contributed by atoms with Crippen molar-refractivity contribution >= 4 is 52.3 Å². The number of aromatic hydroxyl groups is 1. The number of nitrogens with one attached hydrogen (secondary N) is 1. The van der Waals surface area contributed by atoms with E-state index in [0.29, 0.717) is 27.4 Å². The molecule has 4 amide bonds. The van der Waals surface area contributed by atoms with Crippen molar-refractivity contribution in [3.8, 4) is 5.75 Å². The van der Waals surface area contributed by atoms with E-state index in [1.165, 1.54) is 36.4 Å². The smallest absolute Gasteiger partial charge is 0.269 e. The van der Waals surface area contributed by atoms with Gasteiger partial charge in [0.2, 0.25) is 11.8 Å². The first-order valence-corrected chi connectivity index (χ1v) is 17.0. The van der Waals surface area contributed by atoms with Gasteiger partial charge < -0.3 is 5.11 Å². The quantitative estimate of drug-likeness (QED) is 0.101. The number of imide groups is 2. The summed E-state index contributed by atoms with van der Waals surface area (Å²) >= 11 is 6.56. The topological polar surface area (TPSA) is 150 Å². The van der Waals surface area contributed by atoms with Gasteiger partial charge in [0.1, 0.15) is 5.75 Å². The zero-order valence-electron chi connectivity index (χ0n) is 27.2. The molecule has 6 unspecified atom stereocenters. The molecule has 2 aliphatic carbocycles. The van der Waals surface area contributed by atoms with Gasteiger partial charge in [0, 0.05) is 28.6 Å². The van der Waals surface area contributed by atoms with Crippen LogP contribution in [0.25, 0.3) is 0 Å². The number of carbonyl (C=O) groups is 4. The monoisotopic (exact) mass is 702 g/mol. The van der Waals surface area contributed by atoms with Gasteiger partial charge in [-0.05, 0) is 73.7 Å². The van der Waals surface area contributed by atoms with Gasteiger partial charge in [0.05, 0.1) is 39.5 Å². The van der Waals surface area contributed by atoms with E-state index in [1.54, 1.807) is 42.5 Å². The number of fused-ring (bicyclic) bond motifs is 4. The van der Waals surface area contributed by atoms with Crippen LogP contribution in [0.5, 0.6) is 5.75 Å². The predicted molar refractivity (Wildman–Crippen MR) is 187 cm³/mol. The fourth-order valence-corrected chi connectivity index (χ4v) is 9.01. The number of non-ortho nitro benzene ring substituents is 1. The first-order chi connectivity index (χ1) is 24.5. The van der Waals surface area contributed by atoms with Crippen LogP contribution < -0.4 is 10.3 Å². The molecule has 6 atom stereocenters.